The van der Waals surface area contributed by atoms with Gasteiger partial charge >= 0.3 is 0 Å². The molecule has 150 valence electrons. The molecule has 1 aliphatic heterocycles. The Morgan fingerprint density at radius 1 is 1.10 bits per heavy atom. The van der Waals surface area contributed by atoms with Crippen molar-refractivity contribution in [2.75, 3.05) is 18.8 Å². The lowest BCUT2D eigenvalue weighted by atomic mass is 10.1. The predicted octanol–water partition coefficient (Wildman–Crippen LogP) is 4.40. The number of benzene rings is 1. The number of hydrogen-bond acceptors (Lipinski definition) is 5. The molecule has 0 aliphatic carbocycles. The summed E-state index contributed by atoms with van der Waals surface area (Å²) in [6.45, 7) is 3.67. The molecule has 1 fully saturated rings. The molecule has 4 rings (SSSR count). The minimum atomic E-state index is 0.150. The highest BCUT2D eigenvalue weighted by molar-refractivity contribution is 7.99. The molecule has 3 heterocycles. The number of carbonyl (C=O) groups is 1. The van der Waals surface area contributed by atoms with Gasteiger partial charge in [-0.1, -0.05) is 29.4 Å². The summed E-state index contributed by atoms with van der Waals surface area (Å²) in [5, 5.41) is 10.2. The minimum Gasteiger partial charge on any atom is -0.342 e. The SMILES string of the molecule is Cc1c(Cl)cccc1-n1c(SCC(=O)N2CCCCC2)nnc1-c1ccncc1. The van der Waals surface area contributed by atoms with Crippen molar-refractivity contribution in [2.24, 2.45) is 0 Å². The molecular weight excluding hydrogens is 406 g/mol. The maximum Gasteiger partial charge on any atom is 0.233 e. The van der Waals surface area contributed by atoms with Gasteiger partial charge in [0.25, 0.3) is 0 Å². The van der Waals surface area contributed by atoms with Crippen LogP contribution in [0.15, 0.2) is 47.9 Å². The molecule has 0 N–H and O–H groups in total. The van der Waals surface area contributed by atoms with Gasteiger partial charge in [0.1, 0.15) is 0 Å². The number of amides is 1. The van der Waals surface area contributed by atoms with E-state index in [2.05, 4.69) is 15.2 Å². The summed E-state index contributed by atoms with van der Waals surface area (Å²) in [5.41, 5.74) is 2.75. The average molecular weight is 428 g/mol. The van der Waals surface area contributed by atoms with Crippen LogP contribution in [0.2, 0.25) is 5.02 Å². The molecule has 8 heteroatoms. The molecule has 1 aliphatic rings. The number of aromatic nitrogens is 4. The van der Waals surface area contributed by atoms with Crippen LogP contribution in [0.5, 0.6) is 0 Å². The Morgan fingerprint density at radius 3 is 2.62 bits per heavy atom. The first-order chi connectivity index (χ1) is 14.1. The third-order valence-corrected chi connectivity index (χ3v) is 6.41. The van der Waals surface area contributed by atoms with Gasteiger partial charge < -0.3 is 4.90 Å². The van der Waals surface area contributed by atoms with Gasteiger partial charge in [-0.25, -0.2) is 0 Å². The highest BCUT2D eigenvalue weighted by Crippen LogP contribution is 2.31. The van der Waals surface area contributed by atoms with Crippen molar-refractivity contribution in [3.05, 3.63) is 53.3 Å². The largest absolute Gasteiger partial charge is 0.342 e. The maximum absolute atomic E-state index is 12.6. The van der Waals surface area contributed by atoms with Crippen LogP contribution in [0.3, 0.4) is 0 Å². The van der Waals surface area contributed by atoms with E-state index in [0.29, 0.717) is 21.8 Å². The Bertz CT molecular complexity index is 1000. The topological polar surface area (TPSA) is 63.9 Å². The normalized spacial score (nSPS) is 14.2. The summed E-state index contributed by atoms with van der Waals surface area (Å²) in [4.78, 5) is 18.7. The van der Waals surface area contributed by atoms with Crippen molar-refractivity contribution in [3.8, 4) is 17.1 Å². The zero-order valence-electron chi connectivity index (χ0n) is 16.2. The first kappa shape index (κ1) is 19.9. The van der Waals surface area contributed by atoms with Gasteiger partial charge in [-0.15, -0.1) is 10.2 Å². The van der Waals surface area contributed by atoms with Crippen LogP contribution in [0.25, 0.3) is 17.1 Å². The standard InChI is InChI=1S/C21H22ClN5OS/c1-15-17(22)6-5-7-18(15)27-20(16-8-10-23-11-9-16)24-25-21(27)29-14-19(28)26-12-3-2-4-13-26/h5-11H,2-4,12-14H2,1H3. The van der Waals surface area contributed by atoms with E-state index < -0.39 is 0 Å². The Balaban J connectivity index is 1.68. The second-order valence-electron chi connectivity index (χ2n) is 6.99. The van der Waals surface area contributed by atoms with E-state index in [4.69, 9.17) is 11.6 Å². The predicted molar refractivity (Wildman–Crippen MR) is 115 cm³/mol. The van der Waals surface area contributed by atoms with Crippen LogP contribution >= 0.6 is 23.4 Å². The summed E-state index contributed by atoms with van der Waals surface area (Å²) in [5.74, 6) is 1.19. The number of likely N-dealkylation sites (tertiary alicyclic amines) is 1. The third-order valence-electron chi connectivity index (χ3n) is 5.09. The van der Waals surface area contributed by atoms with Crippen LogP contribution in [-0.4, -0.2) is 49.4 Å². The highest BCUT2D eigenvalue weighted by atomic mass is 35.5. The molecule has 1 saturated heterocycles. The van der Waals surface area contributed by atoms with Gasteiger partial charge in [0.15, 0.2) is 11.0 Å². The van der Waals surface area contributed by atoms with E-state index in [1.807, 2.05) is 46.7 Å². The van der Waals surface area contributed by atoms with Crippen LogP contribution in [0, 0.1) is 6.92 Å². The van der Waals surface area contributed by atoms with Crippen molar-refractivity contribution in [2.45, 2.75) is 31.3 Å². The first-order valence-corrected chi connectivity index (χ1v) is 11.0. The number of rotatable bonds is 5. The summed E-state index contributed by atoms with van der Waals surface area (Å²) in [6, 6.07) is 9.56. The average Bonchev–Trinajstić information content (AvgIpc) is 3.19. The molecule has 2 aromatic heterocycles. The number of hydrogen-bond donors (Lipinski definition) is 0. The number of halogens is 1. The molecule has 3 aromatic rings. The highest BCUT2D eigenvalue weighted by Gasteiger charge is 2.21. The number of thioether (sulfide) groups is 1. The lowest BCUT2D eigenvalue weighted by Crippen LogP contribution is -2.36. The molecule has 0 spiro atoms. The smallest absolute Gasteiger partial charge is 0.233 e. The van der Waals surface area contributed by atoms with E-state index in [-0.39, 0.29) is 5.91 Å². The van der Waals surface area contributed by atoms with E-state index in [1.165, 1.54) is 18.2 Å². The molecule has 1 aromatic carbocycles. The number of nitrogens with zero attached hydrogens (tertiary/aromatic N) is 5. The van der Waals surface area contributed by atoms with Crippen molar-refractivity contribution >= 4 is 29.3 Å². The van der Waals surface area contributed by atoms with Crippen LogP contribution < -0.4 is 0 Å². The zero-order chi connectivity index (χ0) is 20.2. The van der Waals surface area contributed by atoms with E-state index >= 15 is 0 Å². The summed E-state index contributed by atoms with van der Waals surface area (Å²) >= 11 is 7.79. The molecule has 1 amide bonds. The van der Waals surface area contributed by atoms with Crippen molar-refractivity contribution in [1.29, 1.82) is 0 Å². The number of carbonyl (C=O) groups excluding carboxylic acids is 1. The molecule has 0 saturated carbocycles. The quantitative estimate of drug-likeness (QED) is 0.565. The molecule has 29 heavy (non-hydrogen) atoms. The lowest BCUT2D eigenvalue weighted by Gasteiger charge is -2.26. The zero-order valence-corrected chi connectivity index (χ0v) is 17.8. The molecule has 0 atom stereocenters. The fraction of sp³-hybridized carbons (Fsp3) is 0.333. The van der Waals surface area contributed by atoms with Crippen LogP contribution in [0.1, 0.15) is 24.8 Å². The minimum absolute atomic E-state index is 0.150. The second kappa shape index (κ2) is 8.97. The Morgan fingerprint density at radius 2 is 1.86 bits per heavy atom. The fourth-order valence-electron chi connectivity index (χ4n) is 3.47. The second-order valence-corrected chi connectivity index (χ2v) is 8.34. The maximum atomic E-state index is 12.6. The summed E-state index contributed by atoms with van der Waals surface area (Å²) in [6.07, 6.45) is 6.83. The van der Waals surface area contributed by atoms with Crippen LogP contribution in [0.4, 0.5) is 0 Å². The van der Waals surface area contributed by atoms with Gasteiger partial charge in [-0.05, 0) is 56.0 Å². The van der Waals surface area contributed by atoms with Crippen molar-refractivity contribution in [1.82, 2.24) is 24.6 Å². The number of piperidine rings is 1. The van der Waals surface area contributed by atoms with E-state index in [0.717, 1.165) is 42.7 Å². The Hall–Kier alpha value is -2.38. The summed E-state index contributed by atoms with van der Waals surface area (Å²) < 4.78 is 1.98. The summed E-state index contributed by atoms with van der Waals surface area (Å²) in [7, 11) is 0. The van der Waals surface area contributed by atoms with E-state index in [1.54, 1.807) is 12.4 Å². The molecule has 0 unspecified atom stereocenters. The van der Waals surface area contributed by atoms with Gasteiger partial charge in [0, 0.05) is 36.1 Å². The molecule has 0 radical (unpaired) electrons. The lowest BCUT2D eigenvalue weighted by molar-refractivity contribution is -0.129. The third kappa shape index (κ3) is 4.31. The monoisotopic (exact) mass is 427 g/mol. The Labute approximate surface area is 179 Å². The van der Waals surface area contributed by atoms with Crippen LogP contribution in [-0.2, 0) is 4.79 Å². The molecular formula is C21H22ClN5OS. The van der Waals surface area contributed by atoms with Crippen molar-refractivity contribution < 1.29 is 4.79 Å². The Kier molecular flexibility index (Phi) is 6.16. The van der Waals surface area contributed by atoms with Gasteiger partial charge in [0.05, 0.1) is 11.4 Å². The van der Waals surface area contributed by atoms with Gasteiger partial charge in [-0.3, -0.25) is 14.3 Å². The molecule has 6 nitrogen and oxygen atoms in total. The van der Waals surface area contributed by atoms with Crippen molar-refractivity contribution in [3.63, 3.8) is 0 Å². The first-order valence-electron chi connectivity index (χ1n) is 9.67. The van der Waals surface area contributed by atoms with Gasteiger partial charge in [-0.2, -0.15) is 0 Å². The van der Waals surface area contributed by atoms with E-state index in [9.17, 15) is 4.79 Å². The number of pyridine rings is 1. The molecule has 0 bridgehead atoms. The van der Waals surface area contributed by atoms with Gasteiger partial charge in [0.2, 0.25) is 5.91 Å². The fourth-order valence-corrected chi connectivity index (χ4v) is 4.48.